The number of hydrogen-bond donors (Lipinski definition) is 1. The van der Waals surface area contributed by atoms with Crippen molar-refractivity contribution in [3.63, 3.8) is 0 Å². The summed E-state index contributed by atoms with van der Waals surface area (Å²) < 4.78 is 0. The summed E-state index contributed by atoms with van der Waals surface area (Å²) in [5, 5.41) is 4.09. The van der Waals surface area contributed by atoms with Gasteiger partial charge < -0.3 is 10.6 Å². The molecular formula is C15H16N2O. The highest BCUT2D eigenvalue weighted by Gasteiger charge is 2.10. The monoisotopic (exact) mass is 240 g/mol. The van der Waals surface area contributed by atoms with Gasteiger partial charge in [-0.2, -0.15) is 0 Å². The molecule has 3 nitrogen and oxygen atoms in total. The Labute approximate surface area is 107 Å². The van der Waals surface area contributed by atoms with Gasteiger partial charge in [-0.3, -0.25) is 0 Å². The molecule has 0 aliphatic heterocycles. The van der Waals surface area contributed by atoms with Gasteiger partial charge in [-0.15, -0.1) is 0 Å². The molecule has 0 saturated heterocycles. The van der Waals surface area contributed by atoms with Crippen LogP contribution in [0.1, 0.15) is 16.7 Å². The molecule has 0 heterocycles. The van der Waals surface area contributed by atoms with Crippen LogP contribution < -0.4 is 5.73 Å². The summed E-state index contributed by atoms with van der Waals surface area (Å²) in [6.07, 6.45) is 0. The molecule has 18 heavy (non-hydrogen) atoms. The third-order valence-electron chi connectivity index (χ3n) is 2.69. The molecule has 0 spiro atoms. The number of hydrogen-bond acceptors (Lipinski definition) is 3. The molecule has 0 aliphatic rings. The lowest BCUT2D eigenvalue weighted by molar-refractivity contribution is 0.214. The molecule has 2 N–H and O–H groups in total. The summed E-state index contributed by atoms with van der Waals surface area (Å²) in [5.41, 5.74) is 10.5. The first kappa shape index (κ1) is 12.2. The molecule has 0 fully saturated rings. The van der Waals surface area contributed by atoms with E-state index in [9.17, 15) is 0 Å². The van der Waals surface area contributed by atoms with Gasteiger partial charge in [0.1, 0.15) is 12.8 Å². The van der Waals surface area contributed by atoms with Gasteiger partial charge in [0.05, 0.1) is 0 Å². The van der Waals surface area contributed by atoms with Gasteiger partial charge in [0, 0.05) is 16.8 Å². The molecule has 2 rings (SSSR count). The first-order valence-electron chi connectivity index (χ1n) is 5.75. The molecule has 0 bridgehead atoms. The van der Waals surface area contributed by atoms with Gasteiger partial charge in [0.15, 0.2) is 0 Å². The van der Waals surface area contributed by atoms with Crippen molar-refractivity contribution in [3.8, 4) is 0 Å². The third kappa shape index (κ3) is 2.51. The summed E-state index contributed by atoms with van der Waals surface area (Å²) >= 11 is 0. The van der Waals surface area contributed by atoms with E-state index in [0.717, 1.165) is 22.4 Å². The predicted octanol–water partition coefficient (Wildman–Crippen LogP) is 2.98. The van der Waals surface area contributed by atoms with E-state index in [0.29, 0.717) is 5.69 Å². The largest absolute Gasteiger partial charge is 0.399 e. The Bertz CT molecular complexity index is 562. The molecular weight excluding hydrogens is 224 g/mol. The predicted molar refractivity (Wildman–Crippen MR) is 74.7 cm³/mol. The Morgan fingerprint density at radius 2 is 1.83 bits per heavy atom. The van der Waals surface area contributed by atoms with Crippen molar-refractivity contribution in [1.82, 2.24) is 0 Å². The van der Waals surface area contributed by atoms with Crippen LogP contribution in [0.3, 0.4) is 0 Å². The average molecular weight is 240 g/mol. The summed E-state index contributed by atoms with van der Waals surface area (Å²) in [7, 11) is 1.54. The minimum atomic E-state index is 0.703. The lowest BCUT2D eigenvalue weighted by Gasteiger charge is -2.09. The van der Waals surface area contributed by atoms with E-state index in [-0.39, 0.29) is 0 Å². The standard InChI is InChI=1S/C15H16N2O/c1-11-8-9-13(14(16)10-11)15(17-18-2)12-6-4-3-5-7-12/h3-10H,16H2,1-2H3/b17-15+. The van der Waals surface area contributed by atoms with Crippen molar-refractivity contribution in [1.29, 1.82) is 0 Å². The lowest BCUT2D eigenvalue weighted by atomic mass is 10.00. The smallest absolute Gasteiger partial charge is 0.119 e. The first-order chi connectivity index (χ1) is 8.72. The Kier molecular flexibility index (Phi) is 3.63. The number of nitrogens with zero attached hydrogens (tertiary/aromatic N) is 1. The molecule has 0 aromatic heterocycles. The van der Waals surface area contributed by atoms with Crippen LogP contribution in [0.2, 0.25) is 0 Å². The van der Waals surface area contributed by atoms with Crippen molar-refractivity contribution in [2.75, 3.05) is 12.8 Å². The zero-order valence-electron chi connectivity index (χ0n) is 10.6. The van der Waals surface area contributed by atoms with Crippen molar-refractivity contribution in [2.24, 2.45) is 5.16 Å². The summed E-state index contributed by atoms with van der Waals surface area (Å²) in [6.45, 7) is 2.01. The Morgan fingerprint density at radius 1 is 1.11 bits per heavy atom. The van der Waals surface area contributed by atoms with E-state index in [4.69, 9.17) is 10.6 Å². The molecule has 0 saturated carbocycles. The highest BCUT2D eigenvalue weighted by Crippen LogP contribution is 2.19. The fraction of sp³-hybridized carbons (Fsp3) is 0.133. The molecule has 2 aromatic rings. The number of aryl methyl sites for hydroxylation is 1. The van der Waals surface area contributed by atoms with Crippen LogP contribution >= 0.6 is 0 Å². The van der Waals surface area contributed by atoms with Crippen molar-refractivity contribution < 1.29 is 4.84 Å². The van der Waals surface area contributed by atoms with Crippen molar-refractivity contribution >= 4 is 11.4 Å². The normalized spacial score (nSPS) is 11.3. The maximum atomic E-state index is 6.05. The number of nitrogens with two attached hydrogens (primary N) is 1. The first-order valence-corrected chi connectivity index (χ1v) is 5.75. The zero-order chi connectivity index (χ0) is 13.0. The van der Waals surface area contributed by atoms with Crippen molar-refractivity contribution in [2.45, 2.75) is 6.92 Å². The van der Waals surface area contributed by atoms with Crippen LogP contribution in [0, 0.1) is 6.92 Å². The van der Waals surface area contributed by atoms with Crippen LogP contribution in [-0.4, -0.2) is 12.8 Å². The van der Waals surface area contributed by atoms with Gasteiger partial charge >= 0.3 is 0 Å². The minimum Gasteiger partial charge on any atom is -0.399 e. The summed E-state index contributed by atoms with van der Waals surface area (Å²) in [5.74, 6) is 0. The van der Waals surface area contributed by atoms with Crippen LogP contribution in [0.4, 0.5) is 5.69 Å². The van der Waals surface area contributed by atoms with E-state index >= 15 is 0 Å². The van der Waals surface area contributed by atoms with Gasteiger partial charge in [-0.25, -0.2) is 0 Å². The molecule has 0 atom stereocenters. The SMILES string of the molecule is CO/N=C(\c1ccccc1)c1ccc(C)cc1N. The fourth-order valence-corrected chi connectivity index (χ4v) is 1.84. The zero-order valence-corrected chi connectivity index (χ0v) is 10.6. The van der Waals surface area contributed by atoms with E-state index in [1.807, 2.05) is 55.5 Å². The second kappa shape index (κ2) is 5.36. The fourth-order valence-electron chi connectivity index (χ4n) is 1.84. The van der Waals surface area contributed by atoms with Crippen LogP contribution in [-0.2, 0) is 4.84 Å². The van der Waals surface area contributed by atoms with Gasteiger partial charge in [0.2, 0.25) is 0 Å². The quantitative estimate of drug-likeness (QED) is 0.509. The highest BCUT2D eigenvalue weighted by atomic mass is 16.6. The van der Waals surface area contributed by atoms with E-state index < -0.39 is 0 Å². The maximum absolute atomic E-state index is 6.05. The lowest BCUT2D eigenvalue weighted by Crippen LogP contribution is -2.07. The Morgan fingerprint density at radius 3 is 2.44 bits per heavy atom. The molecule has 3 heteroatoms. The summed E-state index contributed by atoms with van der Waals surface area (Å²) in [6, 6.07) is 15.8. The number of oxime groups is 1. The van der Waals surface area contributed by atoms with E-state index in [2.05, 4.69) is 5.16 Å². The third-order valence-corrected chi connectivity index (χ3v) is 2.69. The van der Waals surface area contributed by atoms with Crippen LogP contribution in [0.5, 0.6) is 0 Å². The molecule has 0 aliphatic carbocycles. The molecule has 0 unspecified atom stereocenters. The molecule has 0 amide bonds. The van der Waals surface area contributed by atoms with Crippen LogP contribution in [0.25, 0.3) is 0 Å². The van der Waals surface area contributed by atoms with Gasteiger partial charge in [0.25, 0.3) is 0 Å². The second-order valence-corrected chi connectivity index (χ2v) is 4.08. The number of anilines is 1. The van der Waals surface area contributed by atoms with Crippen LogP contribution in [0.15, 0.2) is 53.7 Å². The minimum absolute atomic E-state index is 0.703. The number of benzene rings is 2. The van der Waals surface area contributed by atoms with E-state index in [1.165, 1.54) is 7.11 Å². The Hall–Kier alpha value is -2.29. The van der Waals surface area contributed by atoms with E-state index in [1.54, 1.807) is 0 Å². The molecule has 0 radical (unpaired) electrons. The average Bonchev–Trinajstić information content (AvgIpc) is 2.38. The Balaban J connectivity index is 2.53. The number of nitrogen functional groups attached to an aromatic ring is 1. The summed E-state index contributed by atoms with van der Waals surface area (Å²) in [4.78, 5) is 4.93. The number of rotatable bonds is 3. The van der Waals surface area contributed by atoms with Gasteiger partial charge in [-0.1, -0.05) is 47.6 Å². The van der Waals surface area contributed by atoms with Crippen molar-refractivity contribution in [3.05, 3.63) is 65.2 Å². The van der Waals surface area contributed by atoms with Gasteiger partial charge in [-0.05, 0) is 18.6 Å². The maximum Gasteiger partial charge on any atom is 0.119 e. The molecule has 92 valence electrons. The second-order valence-electron chi connectivity index (χ2n) is 4.08. The molecule has 2 aromatic carbocycles. The highest BCUT2D eigenvalue weighted by molar-refractivity contribution is 6.15. The topological polar surface area (TPSA) is 47.6 Å².